The van der Waals surface area contributed by atoms with Gasteiger partial charge in [-0.2, -0.15) is 0 Å². The Morgan fingerprint density at radius 3 is 2.68 bits per heavy atom. The monoisotopic (exact) mass is 429 g/mol. The molecule has 130 valence electrons. The average Bonchev–Trinajstić information content (AvgIpc) is 2.67. The molecule has 2 aromatic carbocycles. The van der Waals surface area contributed by atoms with Crippen LogP contribution < -0.4 is 4.74 Å². The van der Waals surface area contributed by atoms with Gasteiger partial charge in [0.2, 0.25) is 14.8 Å². The summed E-state index contributed by atoms with van der Waals surface area (Å²) < 4.78 is 57.9. The normalized spacial score (nSPS) is 23.8. The lowest BCUT2D eigenvalue weighted by Crippen LogP contribution is -2.30. The molecule has 2 aromatic rings. The van der Waals surface area contributed by atoms with Gasteiger partial charge in [0.15, 0.2) is 5.69 Å². The molecule has 0 spiro atoms. The van der Waals surface area contributed by atoms with Crippen molar-refractivity contribution in [3.8, 4) is 11.5 Å². The number of benzene rings is 2. The lowest BCUT2D eigenvalue weighted by Gasteiger charge is -2.17. The van der Waals surface area contributed by atoms with Crippen molar-refractivity contribution in [1.29, 1.82) is 0 Å². The first-order chi connectivity index (χ1) is 11.6. The molecule has 0 amide bonds. The highest BCUT2D eigenvalue weighted by atomic mass is 79.9. The summed E-state index contributed by atoms with van der Waals surface area (Å²) in [6.45, 7) is 7.71. The van der Waals surface area contributed by atoms with Crippen molar-refractivity contribution in [2.75, 3.05) is 0 Å². The smallest absolute Gasteiger partial charge is 0.242 e. The minimum absolute atomic E-state index is 0.00463. The molecular weight excluding hydrogens is 420 g/mol. The van der Waals surface area contributed by atoms with Crippen molar-refractivity contribution >= 4 is 31.5 Å². The number of aliphatic hydroxyl groups excluding tert-OH is 1. The predicted molar refractivity (Wildman–Crippen MR) is 88.5 cm³/mol. The maximum absolute atomic E-state index is 14.5. The Labute approximate surface area is 150 Å². The lowest BCUT2D eigenvalue weighted by molar-refractivity contribution is 0.0643. The number of rotatable bonds is 2. The summed E-state index contributed by atoms with van der Waals surface area (Å²) in [6.07, 6.45) is -1.91. The Morgan fingerprint density at radius 1 is 1.36 bits per heavy atom. The van der Waals surface area contributed by atoms with Crippen LogP contribution in [0.5, 0.6) is 11.5 Å². The van der Waals surface area contributed by atoms with Gasteiger partial charge >= 0.3 is 0 Å². The van der Waals surface area contributed by atoms with Crippen LogP contribution in [-0.2, 0) is 9.84 Å². The van der Waals surface area contributed by atoms with Gasteiger partial charge in [-0.15, -0.1) is 0 Å². The molecule has 0 bridgehead atoms. The minimum Gasteiger partial charge on any atom is -0.457 e. The lowest BCUT2D eigenvalue weighted by atomic mass is 10.1. The number of nitrogens with zero attached hydrogens (tertiary/aromatic N) is 1. The van der Waals surface area contributed by atoms with Crippen LogP contribution in [0.4, 0.5) is 14.5 Å². The summed E-state index contributed by atoms with van der Waals surface area (Å²) in [5.74, 6) is -0.628. The van der Waals surface area contributed by atoms with E-state index >= 15 is 0 Å². The highest BCUT2D eigenvalue weighted by Gasteiger charge is 2.56. The van der Waals surface area contributed by atoms with E-state index in [1.165, 1.54) is 12.1 Å². The summed E-state index contributed by atoms with van der Waals surface area (Å²) in [5, 5.41) is 7.23. The first-order valence-electron chi connectivity index (χ1n) is 6.89. The van der Waals surface area contributed by atoms with Crippen LogP contribution in [0, 0.1) is 12.4 Å². The molecule has 0 radical (unpaired) electrons. The van der Waals surface area contributed by atoms with E-state index in [0.29, 0.717) is 0 Å². The largest absolute Gasteiger partial charge is 0.457 e. The van der Waals surface area contributed by atoms with E-state index in [9.17, 15) is 22.3 Å². The van der Waals surface area contributed by atoms with Gasteiger partial charge in [0.25, 0.3) is 0 Å². The highest BCUT2D eigenvalue weighted by molar-refractivity contribution is 9.10. The predicted octanol–water partition coefficient (Wildman–Crippen LogP) is 4.44. The third-order valence-corrected chi connectivity index (χ3v) is 6.92. The average molecular weight is 430 g/mol. The first-order valence-corrected chi connectivity index (χ1v) is 9.17. The van der Waals surface area contributed by atoms with Gasteiger partial charge in [-0.1, -0.05) is 0 Å². The minimum atomic E-state index is -4.36. The third-order valence-electron chi connectivity index (χ3n) is 3.89. The number of fused-ring (bicyclic) bond motifs is 1. The number of sulfone groups is 1. The SMILES string of the molecule is [C-]#[N+]c1cc(F)cc(Oc2ccc3c(c2Br)[C@@H](O)C(C)(F)S3(=O)=O)c1. The van der Waals surface area contributed by atoms with Crippen LogP contribution in [0.1, 0.15) is 18.6 Å². The van der Waals surface area contributed by atoms with Gasteiger partial charge < -0.3 is 9.84 Å². The molecule has 3 rings (SSSR count). The molecule has 1 aliphatic rings. The highest BCUT2D eigenvalue weighted by Crippen LogP contribution is 2.52. The van der Waals surface area contributed by atoms with E-state index in [1.807, 2.05) is 0 Å². The maximum atomic E-state index is 14.5. The van der Waals surface area contributed by atoms with E-state index in [1.54, 1.807) is 0 Å². The standard InChI is InChI=1S/C16H10BrF2NO4S/c1-16(19)15(21)13-12(25(16,22)23)4-3-11(14(13)17)24-10-6-8(18)5-9(7-10)20-2/h3-7,15,21H,1H3/t15-,16?/m1/s1. The molecule has 0 aromatic heterocycles. The van der Waals surface area contributed by atoms with Crippen molar-refractivity contribution < 1.29 is 27.0 Å². The number of alkyl halides is 1. The molecule has 0 saturated heterocycles. The molecular formula is C16H10BrF2NO4S. The Hall–Kier alpha value is -2.02. The molecule has 2 atom stereocenters. The number of halogens is 3. The molecule has 0 saturated carbocycles. The zero-order chi connectivity index (χ0) is 18.6. The molecule has 1 unspecified atom stereocenters. The quantitative estimate of drug-likeness (QED) is 0.716. The molecule has 1 heterocycles. The fraction of sp³-hybridized carbons (Fsp3) is 0.188. The zero-order valence-electron chi connectivity index (χ0n) is 12.6. The van der Waals surface area contributed by atoms with Crippen molar-refractivity contribution in [3.63, 3.8) is 0 Å². The molecule has 1 aliphatic heterocycles. The zero-order valence-corrected chi connectivity index (χ0v) is 15.0. The second-order valence-electron chi connectivity index (χ2n) is 5.54. The van der Waals surface area contributed by atoms with Gasteiger partial charge in [-0.25, -0.2) is 22.0 Å². The van der Waals surface area contributed by atoms with Crippen molar-refractivity contribution in [2.45, 2.75) is 22.9 Å². The van der Waals surface area contributed by atoms with Crippen LogP contribution >= 0.6 is 15.9 Å². The second-order valence-corrected chi connectivity index (χ2v) is 8.58. The van der Waals surface area contributed by atoms with Gasteiger partial charge in [0.05, 0.1) is 15.9 Å². The van der Waals surface area contributed by atoms with E-state index < -0.39 is 26.8 Å². The third kappa shape index (κ3) is 2.61. The summed E-state index contributed by atoms with van der Waals surface area (Å²) in [7, 11) is -4.36. The Bertz CT molecular complexity index is 1030. The van der Waals surface area contributed by atoms with Crippen molar-refractivity contribution in [3.05, 3.63) is 57.6 Å². The molecule has 1 N–H and O–H groups in total. The van der Waals surface area contributed by atoms with E-state index in [0.717, 1.165) is 25.1 Å². The molecule has 9 heteroatoms. The van der Waals surface area contributed by atoms with Crippen LogP contribution in [-0.4, -0.2) is 18.5 Å². The number of ether oxygens (including phenoxy) is 1. The summed E-state index contributed by atoms with van der Waals surface area (Å²) >= 11 is 3.12. The van der Waals surface area contributed by atoms with Crippen LogP contribution in [0.2, 0.25) is 0 Å². The van der Waals surface area contributed by atoms with E-state index in [4.69, 9.17) is 11.3 Å². The molecule has 25 heavy (non-hydrogen) atoms. The summed E-state index contributed by atoms with van der Waals surface area (Å²) in [4.78, 5) is 2.77. The molecule has 0 fully saturated rings. The number of hydrogen-bond acceptors (Lipinski definition) is 4. The van der Waals surface area contributed by atoms with Crippen LogP contribution in [0.25, 0.3) is 4.85 Å². The van der Waals surface area contributed by atoms with Crippen LogP contribution in [0.3, 0.4) is 0 Å². The van der Waals surface area contributed by atoms with Gasteiger partial charge in [0, 0.05) is 11.6 Å². The Balaban J connectivity index is 2.10. The van der Waals surface area contributed by atoms with Gasteiger partial charge in [-0.05, 0) is 47.1 Å². The van der Waals surface area contributed by atoms with E-state index in [-0.39, 0.29) is 32.1 Å². The Morgan fingerprint density at radius 2 is 2.04 bits per heavy atom. The molecule has 5 nitrogen and oxygen atoms in total. The second kappa shape index (κ2) is 5.76. The van der Waals surface area contributed by atoms with Gasteiger partial charge in [-0.3, -0.25) is 0 Å². The fourth-order valence-electron chi connectivity index (χ4n) is 2.54. The van der Waals surface area contributed by atoms with Crippen molar-refractivity contribution in [2.24, 2.45) is 0 Å². The topological polar surface area (TPSA) is 68.0 Å². The summed E-state index contributed by atoms with van der Waals surface area (Å²) in [5.41, 5.74) is -0.143. The Kier molecular flexibility index (Phi) is 4.10. The first kappa shape index (κ1) is 17.8. The van der Waals surface area contributed by atoms with Gasteiger partial charge in [0.1, 0.15) is 23.4 Å². The van der Waals surface area contributed by atoms with E-state index in [2.05, 4.69) is 20.8 Å². The fourth-order valence-corrected chi connectivity index (χ4v) is 4.91. The van der Waals surface area contributed by atoms with Crippen molar-refractivity contribution in [1.82, 2.24) is 0 Å². The van der Waals surface area contributed by atoms with Crippen LogP contribution in [0.15, 0.2) is 39.7 Å². The summed E-state index contributed by atoms with van der Waals surface area (Å²) in [6, 6.07) is 5.75. The maximum Gasteiger partial charge on any atom is 0.242 e. The molecule has 0 aliphatic carbocycles. The number of aliphatic hydroxyl groups is 1. The number of hydrogen-bond donors (Lipinski definition) is 1.